The summed E-state index contributed by atoms with van der Waals surface area (Å²) in [7, 11) is 0. The second kappa shape index (κ2) is 9.30. The molecule has 0 atom stereocenters. The van der Waals surface area contributed by atoms with Crippen LogP contribution in [0.4, 0.5) is 5.69 Å². The molecule has 0 spiro atoms. The highest BCUT2D eigenvalue weighted by atomic mass is 16.2. The molecule has 1 N–H and O–H groups in total. The van der Waals surface area contributed by atoms with E-state index in [4.69, 9.17) is 0 Å². The Morgan fingerprint density at radius 1 is 1.03 bits per heavy atom. The van der Waals surface area contributed by atoms with Crippen LogP contribution in [0, 0.1) is 0 Å². The lowest BCUT2D eigenvalue weighted by Gasteiger charge is -2.28. The van der Waals surface area contributed by atoms with Gasteiger partial charge in [0.25, 0.3) is 5.91 Å². The second-order valence-electron chi connectivity index (χ2n) is 7.34. The standard InChI is InChI=1S/C22H25N7O/c1-17(18-10-12-20(13-11-18)28-14-6-3-7-15-28)23-24-21(30)16-29-26-22(25-27-29)19-8-4-2-5-9-19/h2,4-5,8-13H,3,6-7,14-16H2,1H3,(H,24,30)/b23-17-. The average molecular weight is 403 g/mol. The van der Waals surface area contributed by atoms with Gasteiger partial charge in [-0.15, -0.1) is 10.2 Å². The van der Waals surface area contributed by atoms with Gasteiger partial charge in [0.2, 0.25) is 5.82 Å². The van der Waals surface area contributed by atoms with E-state index in [0.717, 1.165) is 29.9 Å². The van der Waals surface area contributed by atoms with Crippen LogP contribution in [0.2, 0.25) is 0 Å². The fourth-order valence-electron chi connectivity index (χ4n) is 3.45. The van der Waals surface area contributed by atoms with Crippen molar-refractivity contribution in [1.29, 1.82) is 0 Å². The zero-order chi connectivity index (χ0) is 20.8. The lowest BCUT2D eigenvalue weighted by atomic mass is 10.1. The summed E-state index contributed by atoms with van der Waals surface area (Å²) in [6.07, 6.45) is 3.82. The molecule has 1 aliphatic heterocycles. The molecule has 1 aliphatic rings. The highest BCUT2D eigenvalue weighted by Crippen LogP contribution is 2.20. The second-order valence-corrected chi connectivity index (χ2v) is 7.34. The van der Waals surface area contributed by atoms with Gasteiger partial charge in [0.1, 0.15) is 6.54 Å². The van der Waals surface area contributed by atoms with Gasteiger partial charge in [-0.3, -0.25) is 4.79 Å². The summed E-state index contributed by atoms with van der Waals surface area (Å²) in [6.45, 7) is 4.05. The van der Waals surface area contributed by atoms with Crippen molar-refractivity contribution in [3.8, 4) is 11.4 Å². The molecular weight excluding hydrogens is 378 g/mol. The summed E-state index contributed by atoms with van der Waals surface area (Å²) in [5.74, 6) is 0.174. The number of hydrogen-bond acceptors (Lipinski definition) is 6. The Hall–Kier alpha value is -3.55. The smallest absolute Gasteiger partial charge is 0.263 e. The number of nitrogens with one attached hydrogen (secondary N) is 1. The molecule has 0 radical (unpaired) electrons. The Bertz CT molecular complexity index is 1010. The van der Waals surface area contributed by atoms with Crippen LogP contribution in [0.1, 0.15) is 31.7 Å². The first-order valence-electron chi connectivity index (χ1n) is 10.2. The molecule has 8 nitrogen and oxygen atoms in total. The molecule has 0 aliphatic carbocycles. The van der Waals surface area contributed by atoms with Crippen LogP contribution in [-0.2, 0) is 11.3 Å². The van der Waals surface area contributed by atoms with Gasteiger partial charge in [0.15, 0.2) is 0 Å². The van der Waals surface area contributed by atoms with Crippen molar-refractivity contribution in [3.05, 3.63) is 60.2 Å². The third-order valence-electron chi connectivity index (χ3n) is 5.12. The van der Waals surface area contributed by atoms with Crippen LogP contribution in [0.15, 0.2) is 59.7 Å². The molecular formula is C22H25N7O. The number of aromatic nitrogens is 4. The summed E-state index contributed by atoms with van der Waals surface area (Å²) < 4.78 is 0. The van der Waals surface area contributed by atoms with Gasteiger partial charge < -0.3 is 4.90 Å². The van der Waals surface area contributed by atoms with Crippen LogP contribution in [-0.4, -0.2) is 44.9 Å². The molecule has 1 saturated heterocycles. The Kier molecular flexibility index (Phi) is 6.12. The predicted molar refractivity (Wildman–Crippen MR) is 116 cm³/mol. The molecule has 1 aromatic heterocycles. The number of benzene rings is 2. The van der Waals surface area contributed by atoms with Crippen LogP contribution < -0.4 is 10.3 Å². The summed E-state index contributed by atoms with van der Waals surface area (Å²) in [6, 6.07) is 17.8. The third-order valence-corrected chi connectivity index (χ3v) is 5.12. The predicted octanol–water partition coefficient (Wildman–Crippen LogP) is 2.87. The van der Waals surface area contributed by atoms with E-state index < -0.39 is 0 Å². The first-order chi connectivity index (χ1) is 14.7. The number of hydrogen-bond donors (Lipinski definition) is 1. The number of tetrazole rings is 1. The van der Waals surface area contributed by atoms with E-state index in [1.165, 1.54) is 29.7 Å². The van der Waals surface area contributed by atoms with Gasteiger partial charge in [-0.1, -0.05) is 42.5 Å². The van der Waals surface area contributed by atoms with Crippen molar-refractivity contribution < 1.29 is 4.79 Å². The van der Waals surface area contributed by atoms with Gasteiger partial charge in [-0.2, -0.15) is 9.90 Å². The SMILES string of the molecule is C/C(=N/NC(=O)Cn1nnc(-c2ccccc2)n1)c1ccc(N2CCCCC2)cc1. The molecule has 2 aromatic carbocycles. The number of rotatable bonds is 6. The van der Waals surface area contributed by atoms with Crippen molar-refractivity contribution in [3.63, 3.8) is 0 Å². The van der Waals surface area contributed by atoms with Crippen molar-refractivity contribution in [2.45, 2.75) is 32.7 Å². The average Bonchev–Trinajstić information content (AvgIpc) is 3.27. The quantitative estimate of drug-likeness (QED) is 0.505. The summed E-state index contributed by atoms with van der Waals surface area (Å²) in [4.78, 5) is 15.9. The first-order valence-corrected chi connectivity index (χ1v) is 10.2. The Morgan fingerprint density at radius 2 is 1.77 bits per heavy atom. The minimum atomic E-state index is -0.309. The molecule has 3 aromatic rings. The van der Waals surface area contributed by atoms with E-state index in [-0.39, 0.29) is 12.5 Å². The maximum absolute atomic E-state index is 12.2. The van der Waals surface area contributed by atoms with Crippen molar-refractivity contribution in [1.82, 2.24) is 25.6 Å². The number of carbonyl (C=O) groups excluding carboxylic acids is 1. The fraction of sp³-hybridized carbons (Fsp3) is 0.318. The molecule has 154 valence electrons. The Morgan fingerprint density at radius 3 is 2.50 bits per heavy atom. The van der Waals surface area contributed by atoms with Gasteiger partial charge in [-0.25, -0.2) is 5.43 Å². The molecule has 30 heavy (non-hydrogen) atoms. The van der Waals surface area contributed by atoms with E-state index in [1.54, 1.807) is 0 Å². The maximum Gasteiger partial charge on any atom is 0.263 e. The van der Waals surface area contributed by atoms with Crippen LogP contribution in [0.25, 0.3) is 11.4 Å². The van der Waals surface area contributed by atoms with E-state index in [1.807, 2.05) is 49.4 Å². The lowest BCUT2D eigenvalue weighted by Crippen LogP contribution is -2.29. The molecule has 2 heterocycles. The monoisotopic (exact) mass is 403 g/mol. The number of piperidine rings is 1. The Balaban J connectivity index is 1.33. The maximum atomic E-state index is 12.2. The number of anilines is 1. The molecule has 0 unspecified atom stereocenters. The topological polar surface area (TPSA) is 88.3 Å². The molecule has 1 fully saturated rings. The molecule has 1 amide bonds. The number of nitrogens with zero attached hydrogens (tertiary/aromatic N) is 6. The van der Waals surface area contributed by atoms with E-state index in [0.29, 0.717) is 5.82 Å². The zero-order valence-electron chi connectivity index (χ0n) is 17.0. The number of hydrazone groups is 1. The molecule has 0 saturated carbocycles. The van der Waals surface area contributed by atoms with E-state index >= 15 is 0 Å². The van der Waals surface area contributed by atoms with Crippen molar-refractivity contribution >= 4 is 17.3 Å². The normalized spacial score (nSPS) is 14.6. The van der Waals surface area contributed by atoms with Gasteiger partial charge in [0.05, 0.1) is 5.71 Å². The van der Waals surface area contributed by atoms with E-state index in [2.05, 4.69) is 43.0 Å². The summed E-state index contributed by atoms with van der Waals surface area (Å²) in [5, 5.41) is 16.4. The highest BCUT2D eigenvalue weighted by molar-refractivity contribution is 5.99. The lowest BCUT2D eigenvalue weighted by molar-refractivity contribution is -0.122. The Labute approximate surface area is 175 Å². The largest absolute Gasteiger partial charge is 0.372 e. The van der Waals surface area contributed by atoms with Gasteiger partial charge in [0, 0.05) is 24.3 Å². The molecule has 8 heteroatoms. The van der Waals surface area contributed by atoms with Crippen LogP contribution >= 0.6 is 0 Å². The van der Waals surface area contributed by atoms with Gasteiger partial charge in [-0.05, 0) is 49.1 Å². The number of carbonyl (C=O) groups is 1. The first kappa shape index (κ1) is 19.8. The minimum Gasteiger partial charge on any atom is -0.372 e. The third kappa shape index (κ3) is 4.89. The fourth-order valence-corrected chi connectivity index (χ4v) is 3.45. The number of amides is 1. The van der Waals surface area contributed by atoms with Crippen LogP contribution in [0.3, 0.4) is 0 Å². The van der Waals surface area contributed by atoms with Crippen LogP contribution in [0.5, 0.6) is 0 Å². The summed E-state index contributed by atoms with van der Waals surface area (Å²) in [5.41, 5.74) is 6.37. The zero-order valence-corrected chi connectivity index (χ0v) is 17.0. The van der Waals surface area contributed by atoms with E-state index in [9.17, 15) is 4.79 Å². The molecule has 4 rings (SSSR count). The molecule has 0 bridgehead atoms. The van der Waals surface area contributed by atoms with Crippen molar-refractivity contribution in [2.24, 2.45) is 5.10 Å². The van der Waals surface area contributed by atoms with Crippen molar-refractivity contribution in [2.75, 3.05) is 18.0 Å². The summed E-state index contributed by atoms with van der Waals surface area (Å²) >= 11 is 0. The highest BCUT2D eigenvalue weighted by Gasteiger charge is 2.11. The minimum absolute atomic E-state index is 0.0511. The van der Waals surface area contributed by atoms with Gasteiger partial charge >= 0.3 is 0 Å².